The summed E-state index contributed by atoms with van der Waals surface area (Å²) >= 11 is 0. The van der Waals surface area contributed by atoms with Crippen molar-refractivity contribution in [2.75, 3.05) is 12.4 Å². The van der Waals surface area contributed by atoms with Gasteiger partial charge in [0.1, 0.15) is 5.69 Å². The fraction of sp³-hybridized carbons (Fsp3) is 0.105. The molecule has 2 aromatic heterocycles. The molecule has 3 rings (SSSR count). The zero-order valence-corrected chi connectivity index (χ0v) is 14.5. The second-order valence-electron chi connectivity index (χ2n) is 5.50. The maximum absolute atomic E-state index is 12.3. The largest absolute Gasteiger partial charge is 0.465 e. The lowest BCUT2D eigenvalue weighted by Crippen LogP contribution is -2.24. The van der Waals surface area contributed by atoms with Gasteiger partial charge in [-0.05, 0) is 42.0 Å². The molecule has 136 valence electrons. The molecule has 0 saturated carbocycles. The predicted octanol–water partition coefficient (Wildman–Crippen LogP) is 2.33. The maximum Gasteiger partial charge on any atom is 0.337 e. The van der Waals surface area contributed by atoms with Crippen LogP contribution >= 0.6 is 0 Å². The van der Waals surface area contributed by atoms with Crippen molar-refractivity contribution < 1.29 is 14.3 Å². The molecule has 0 unspecified atom stereocenters. The van der Waals surface area contributed by atoms with Crippen molar-refractivity contribution in [1.29, 1.82) is 0 Å². The van der Waals surface area contributed by atoms with Crippen molar-refractivity contribution in [2.24, 2.45) is 0 Å². The minimum absolute atomic E-state index is 0.238. The highest BCUT2D eigenvalue weighted by Gasteiger charge is 2.09. The van der Waals surface area contributed by atoms with Crippen molar-refractivity contribution in [3.63, 3.8) is 0 Å². The molecule has 1 aromatic carbocycles. The van der Waals surface area contributed by atoms with Gasteiger partial charge in [0.2, 0.25) is 5.95 Å². The topological polar surface area (TPSA) is 106 Å². The lowest BCUT2D eigenvalue weighted by atomic mass is 10.2. The smallest absolute Gasteiger partial charge is 0.337 e. The summed E-state index contributed by atoms with van der Waals surface area (Å²) in [7, 11) is 1.33. The highest BCUT2D eigenvalue weighted by molar-refractivity contribution is 5.92. The van der Waals surface area contributed by atoms with Gasteiger partial charge >= 0.3 is 5.97 Å². The normalized spacial score (nSPS) is 10.1. The van der Waals surface area contributed by atoms with Crippen LogP contribution < -0.4 is 10.6 Å². The van der Waals surface area contributed by atoms with E-state index < -0.39 is 5.97 Å². The Bertz CT molecular complexity index is 930. The number of nitrogens with one attached hydrogen (secondary N) is 2. The third kappa shape index (κ3) is 4.85. The van der Waals surface area contributed by atoms with Crippen LogP contribution in [0.15, 0.2) is 61.1 Å². The fourth-order valence-corrected chi connectivity index (χ4v) is 2.26. The van der Waals surface area contributed by atoms with E-state index in [1.807, 2.05) is 6.07 Å². The summed E-state index contributed by atoms with van der Waals surface area (Å²) in [4.78, 5) is 36.0. The second kappa shape index (κ2) is 8.52. The Morgan fingerprint density at radius 1 is 1.07 bits per heavy atom. The Balaban J connectivity index is 1.64. The molecule has 0 aliphatic carbocycles. The lowest BCUT2D eigenvalue weighted by molar-refractivity contribution is 0.0600. The third-order valence-corrected chi connectivity index (χ3v) is 3.63. The number of pyridine rings is 1. The molecule has 0 bridgehead atoms. The maximum atomic E-state index is 12.3. The number of ether oxygens (including phenoxy) is 1. The predicted molar refractivity (Wildman–Crippen MR) is 98.5 cm³/mol. The first-order chi connectivity index (χ1) is 13.2. The zero-order valence-electron chi connectivity index (χ0n) is 14.5. The summed E-state index contributed by atoms with van der Waals surface area (Å²) in [6.07, 6.45) is 4.85. The second-order valence-corrected chi connectivity index (χ2v) is 5.50. The van der Waals surface area contributed by atoms with Crippen LogP contribution in [-0.4, -0.2) is 33.9 Å². The number of amides is 1. The first kappa shape index (κ1) is 18.0. The number of esters is 1. The van der Waals surface area contributed by atoms with Gasteiger partial charge in [-0.25, -0.2) is 14.8 Å². The molecule has 0 spiro atoms. The van der Waals surface area contributed by atoms with E-state index in [9.17, 15) is 9.59 Å². The standard InChI is InChI=1S/C19H17N5O3/c1-27-18(26)14-4-6-15(7-5-14)23-19-21-10-8-16(24-19)17(25)22-12-13-3-2-9-20-11-13/h2-11H,12H2,1H3,(H,22,25)(H,21,23,24). The molecule has 0 saturated heterocycles. The molecule has 27 heavy (non-hydrogen) atoms. The molecule has 0 aliphatic heterocycles. The minimum atomic E-state index is -0.412. The Morgan fingerprint density at radius 2 is 1.89 bits per heavy atom. The fourth-order valence-electron chi connectivity index (χ4n) is 2.26. The van der Waals surface area contributed by atoms with E-state index in [2.05, 4.69) is 30.3 Å². The average molecular weight is 363 g/mol. The summed E-state index contributed by atoms with van der Waals surface area (Å²) in [6.45, 7) is 0.356. The first-order valence-corrected chi connectivity index (χ1v) is 8.11. The molecule has 0 fully saturated rings. The SMILES string of the molecule is COC(=O)c1ccc(Nc2nccc(C(=O)NCc3cccnc3)n2)cc1. The number of methoxy groups -OCH3 is 1. The van der Waals surface area contributed by atoms with Crippen LogP contribution in [0.1, 0.15) is 26.4 Å². The number of rotatable bonds is 6. The zero-order chi connectivity index (χ0) is 19.1. The van der Waals surface area contributed by atoms with Gasteiger partial charge in [-0.2, -0.15) is 0 Å². The summed E-state index contributed by atoms with van der Waals surface area (Å²) < 4.78 is 4.66. The van der Waals surface area contributed by atoms with E-state index in [1.54, 1.807) is 42.7 Å². The summed E-state index contributed by atoms with van der Waals surface area (Å²) in [6, 6.07) is 11.9. The third-order valence-electron chi connectivity index (χ3n) is 3.63. The number of aromatic nitrogens is 3. The number of hydrogen-bond donors (Lipinski definition) is 2. The molecular formula is C19H17N5O3. The summed E-state index contributed by atoms with van der Waals surface area (Å²) in [5, 5.41) is 5.78. The van der Waals surface area contributed by atoms with E-state index in [4.69, 9.17) is 0 Å². The van der Waals surface area contributed by atoms with Crippen LogP contribution in [0.3, 0.4) is 0 Å². The lowest BCUT2D eigenvalue weighted by Gasteiger charge is -2.08. The van der Waals surface area contributed by atoms with Crippen LogP contribution in [0.5, 0.6) is 0 Å². The van der Waals surface area contributed by atoms with E-state index in [1.165, 1.54) is 19.4 Å². The van der Waals surface area contributed by atoms with E-state index in [0.29, 0.717) is 17.8 Å². The number of anilines is 2. The Labute approximate surface area is 155 Å². The van der Waals surface area contributed by atoms with Crippen LogP contribution in [0, 0.1) is 0 Å². The van der Waals surface area contributed by atoms with Gasteiger partial charge in [0.15, 0.2) is 0 Å². The van der Waals surface area contributed by atoms with Gasteiger partial charge in [0.25, 0.3) is 5.91 Å². The molecule has 8 nitrogen and oxygen atoms in total. The number of carbonyl (C=O) groups excluding carboxylic acids is 2. The Kier molecular flexibility index (Phi) is 5.68. The van der Waals surface area contributed by atoms with Gasteiger partial charge in [0, 0.05) is 30.8 Å². The summed E-state index contributed by atoms with van der Waals surface area (Å²) in [5.41, 5.74) is 2.24. The molecule has 0 radical (unpaired) electrons. The highest BCUT2D eigenvalue weighted by atomic mass is 16.5. The molecule has 0 atom stereocenters. The quantitative estimate of drug-likeness (QED) is 0.647. The Morgan fingerprint density at radius 3 is 2.59 bits per heavy atom. The van der Waals surface area contributed by atoms with Crippen molar-refractivity contribution >= 4 is 23.5 Å². The number of carbonyl (C=O) groups is 2. The van der Waals surface area contributed by atoms with Crippen molar-refractivity contribution in [3.8, 4) is 0 Å². The molecule has 3 aromatic rings. The number of hydrogen-bond acceptors (Lipinski definition) is 7. The van der Waals surface area contributed by atoms with Crippen LogP contribution in [0.2, 0.25) is 0 Å². The molecular weight excluding hydrogens is 346 g/mol. The van der Waals surface area contributed by atoms with E-state index >= 15 is 0 Å². The molecule has 0 aliphatic rings. The van der Waals surface area contributed by atoms with Crippen molar-refractivity contribution in [3.05, 3.63) is 77.9 Å². The number of nitrogens with zero attached hydrogens (tertiary/aromatic N) is 3. The van der Waals surface area contributed by atoms with Crippen molar-refractivity contribution in [2.45, 2.75) is 6.54 Å². The Hall–Kier alpha value is -3.81. The van der Waals surface area contributed by atoms with Crippen LogP contribution in [0.4, 0.5) is 11.6 Å². The van der Waals surface area contributed by atoms with Gasteiger partial charge in [-0.1, -0.05) is 6.07 Å². The van der Waals surface area contributed by atoms with Gasteiger partial charge in [0.05, 0.1) is 12.7 Å². The average Bonchev–Trinajstić information content (AvgIpc) is 2.73. The first-order valence-electron chi connectivity index (χ1n) is 8.11. The number of benzene rings is 1. The summed E-state index contributed by atoms with van der Waals surface area (Å²) in [5.74, 6) is -0.453. The molecule has 8 heteroatoms. The van der Waals surface area contributed by atoms with E-state index in [-0.39, 0.29) is 17.5 Å². The van der Waals surface area contributed by atoms with Crippen LogP contribution in [-0.2, 0) is 11.3 Å². The van der Waals surface area contributed by atoms with Crippen LogP contribution in [0.25, 0.3) is 0 Å². The molecule has 2 heterocycles. The van der Waals surface area contributed by atoms with Gasteiger partial charge in [-0.15, -0.1) is 0 Å². The van der Waals surface area contributed by atoms with Gasteiger partial charge < -0.3 is 15.4 Å². The van der Waals surface area contributed by atoms with E-state index in [0.717, 1.165) is 5.56 Å². The minimum Gasteiger partial charge on any atom is -0.465 e. The van der Waals surface area contributed by atoms with Crippen molar-refractivity contribution in [1.82, 2.24) is 20.3 Å². The molecule has 2 N–H and O–H groups in total. The highest BCUT2D eigenvalue weighted by Crippen LogP contribution is 2.14. The molecule has 1 amide bonds. The monoisotopic (exact) mass is 363 g/mol. The van der Waals surface area contributed by atoms with Gasteiger partial charge in [-0.3, -0.25) is 9.78 Å².